The maximum absolute atomic E-state index is 12.2. The van der Waals surface area contributed by atoms with Crippen LogP contribution in [0, 0.1) is 0 Å². The maximum Gasteiger partial charge on any atom is 0.374 e. The van der Waals surface area contributed by atoms with Crippen molar-refractivity contribution in [1.29, 1.82) is 0 Å². The summed E-state index contributed by atoms with van der Waals surface area (Å²) in [4.78, 5) is 23.9. The zero-order chi connectivity index (χ0) is 16.2. The van der Waals surface area contributed by atoms with Gasteiger partial charge >= 0.3 is 5.97 Å². The molecule has 0 aliphatic carbocycles. The number of carbonyl (C=O) groups is 1. The molecule has 0 spiro atoms. The zero-order valence-electron chi connectivity index (χ0n) is 12.4. The fraction of sp³-hybridized carbons (Fsp3) is 0.111. The van der Waals surface area contributed by atoms with Gasteiger partial charge in [-0.1, -0.05) is 18.2 Å². The van der Waals surface area contributed by atoms with Crippen LogP contribution in [0.2, 0.25) is 0 Å². The van der Waals surface area contributed by atoms with Crippen LogP contribution < -0.4 is 10.2 Å². The molecule has 0 fully saturated rings. The third-order valence-corrected chi connectivity index (χ3v) is 3.15. The Morgan fingerprint density at radius 3 is 2.57 bits per heavy atom. The summed E-state index contributed by atoms with van der Waals surface area (Å²) in [6, 6.07) is 15.2. The predicted molar refractivity (Wildman–Crippen MR) is 85.0 cm³/mol. The van der Waals surface area contributed by atoms with E-state index < -0.39 is 5.97 Å². The van der Waals surface area contributed by atoms with E-state index in [0.29, 0.717) is 22.5 Å². The predicted octanol–water partition coefficient (Wildman–Crippen LogP) is 3.76. The van der Waals surface area contributed by atoms with Gasteiger partial charge in [-0.05, 0) is 37.3 Å². The van der Waals surface area contributed by atoms with Crippen LogP contribution in [0.15, 0.2) is 63.8 Å². The highest BCUT2D eigenvalue weighted by atomic mass is 16.5. The van der Waals surface area contributed by atoms with Crippen LogP contribution in [-0.4, -0.2) is 12.6 Å². The van der Waals surface area contributed by atoms with Gasteiger partial charge in [-0.15, -0.1) is 0 Å². The topological polar surface area (TPSA) is 65.7 Å². The first-order valence-corrected chi connectivity index (χ1v) is 7.15. The van der Waals surface area contributed by atoms with Gasteiger partial charge in [0.2, 0.25) is 5.76 Å². The van der Waals surface area contributed by atoms with E-state index in [9.17, 15) is 9.59 Å². The molecule has 2 aromatic carbocycles. The molecule has 0 atom stereocenters. The van der Waals surface area contributed by atoms with Crippen molar-refractivity contribution in [3.63, 3.8) is 0 Å². The average Bonchev–Trinajstić information content (AvgIpc) is 2.56. The van der Waals surface area contributed by atoms with E-state index in [-0.39, 0.29) is 17.8 Å². The molecular formula is C18H14O5. The molecule has 0 saturated heterocycles. The van der Waals surface area contributed by atoms with E-state index in [4.69, 9.17) is 13.9 Å². The Labute approximate surface area is 132 Å². The van der Waals surface area contributed by atoms with Gasteiger partial charge in [0.15, 0.2) is 5.43 Å². The number of carbonyl (C=O) groups excluding carboxylic acids is 1. The summed E-state index contributed by atoms with van der Waals surface area (Å²) < 4.78 is 16.0. The van der Waals surface area contributed by atoms with Crippen LogP contribution in [0.3, 0.4) is 0 Å². The molecule has 5 nitrogen and oxygen atoms in total. The number of benzene rings is 2. The van der Waals surface area contributed by atoms with Gasteiger partial charge in [0.05, 0.1) is 12.0 Å². The zero-order valence-corrected chi connectivity index (χ0v) is 12.4. The molecule has 1 aromatic heterocycles. The lowest BCUT2D eigenvalue weighted by atomic mass is 10.2. The summed E-state index contributed by atoms with van der Waals surface area (Å²) in [6.45, 7) is 1.90. The lowest BCUT2D eigenvalue weighted by molar-refractivity contribution is 0.0490. The SMILES string of the molecule is CCOC(=O)c1cc(=O)c2cc(Oc3ccccc3)ccc2o1. The molecule has 5 heteroatoms. The third kappa shape index (κ3) is 3.23. The van der Waals surface area contributed by atoms with Crippen LogP contribution in [0.5, 0.6) is 11.5 Å². The molecule has 0 radical (unpaired) electrons. The molecule has 0 unspecified atom stereocenters. The third-order valence-electron chi connectivity index (χ3n) is 3.15. The van der Waals surface area contributed by atoms with E-state index in [0.717, 1.165) is 6.07 Å². The number of ether oxygens (including phenoxy) is 2. The highest BCUT2D eigenvalue weighted by molar-refractivity contribution is 5.89. The summed E-state index contributed by atoms with van der Waals surface area (Å²) >= 11 is 0. The van der Waals surface area contributed by atoms with Gasteiger partial charge in [-0.2, -0.15) is 0 Å². The molecule has 23 heavy (non-hydrogen) atoms. The molecule has 116 valence electrons. The fourth-order valence-corrected chi connectivity index (χ4v) is 2.13. The van der Waals surface area contributed by atoms with E-state index in [1.165, 1.54) is 0 Å². The molecule has 0 aliphatic rings. The van der Waals surface area contributed by atoms with Gasteiger partial charge in [-0.3, -0.25) is 4.79 Å². The lowest BCUT2D eigenvalue weighted by Gasteiger charge is -2.07. The fourth-order valence-electron chi connectivity index (χ4n) is 2.13. The first-order valence-electron chi connectivity index (χ1n) is 7.15. The maximum atomic E-state index is 12.2. The highest BCUT2D eigenvalue weighted by Crippen LogP contribution is 2.24. The van der Waals surface area contributed by atoms with Gasteiger partial charge < -0.3 is 13.9 Å². The number of esters is 1. The molecule has 0 amide bonds. The second kappa shape index (κ2) is 6.36. The van der Waals surface area contributed by atoms with Crippen LogP contribution in [0.1, 0.15) is 17.5 Å². The van der Waals surface area contributed by atoms with E-state index in [1.54, 1.807) is 25.1 Å². The standard InChI is InChI=1S/C18H14O5/c1-2-21-18(20)17-11-15(19)14-10-13(8-9-16(14)23-17)22-12-6-4-3-5-7-12/h3-11H,2H2,1H3. The van der Waals surface area contributed by atoms with Crippen LogP contribution in [-0.2, 0) is 4.74 Å². The average molecular weight is 310 g/mol. The van der Waals surface area contributed by atoms with E-state index in [2.05, 4.69) is 0 Å². The smallest absolute Gasteiger partial charge is 0.374 e. The van der Waals surface area contributed by atoms with Crippen molar-refractivity contribution in [3.05, 3.63) is 70.6 Å². The van der Waals surface area contributed by atoms with Crippen LogP contribution in [0.25, 0.3) is 11.0 Å². The Hall–Kier alpha value is -3.08. The molecule has 0 bridgehead atoms. The number of rotatable bonds is 4. The second-order valence-electron chi connectivity index (χ2n) is 4.77. The van der Waals surface area contributed by atoms with E-state index in [1.807, 2.05) is 30.3 Å². The van der Waals surface area contributed by atoms with E-state index >= 15 is 0 Å². The van der Waals surface area contributed by atoms with Gasteiger partial charge in [0.1, 0.15) is 17.1 Å². The summed E-state index contributed by atoms with van der Waals surface area (Å²) in [5.74, 6) is 0.413. The van der Waals surface area contributed by atoms with Crippen molar-refractivity contribution in [2.45, 2.75) is 6.92 Å². The van der Waals surface area contributed by atoms with Gasteiger partial charge in [0, 0.05) is 6.07 Å². The largest absolute Gasteiger partial charge is 0.460 e. The lowest BCUT2D eigenvalue weighted by Crippen LogP contribution is -2.10. The summed E-state index contributed by atoms with van der Waals surface area (Å²) in [6.07, 6.45) is 0. The highest BCUT2D eigenvalue weighted by Gasteiger charge is 2.13. The Morgan fingerprint density at radius 2 is 1.83 bits per heavy atom. The molecule has 1 heterocycles. The quantitative estimate of drug-likeness (QED) is 0.686. The summed E-state index contributed by atoms with van der Waals surface area (Å²) in [7, 11) is 0. The Kier molecular flexibility index (Phi) is 4.10. The summed E-state index contributed by atoms with van der Waals surface area (Å²) in [5.41, 5.74) is -0.0196. The van der Waals surface area contributed by atoms with Crippen molar-refractivity contribution in [3.8, 4) is 11.5 Å². The molecule has 0 N–H and O–H groups in total. The molecular weight excluding hydrogens is 296 g/mol. The molecule has 3 aromatic rings. The van der Waals surface area contributed by atoms with Gasteiger partial charge in [-0.25, -0.2) is 4.79 Å². The number of para-hydroxylation sites is 1. The Bertz CT molecular complexity index is 896. The number of hydrogen-bond donors (Lipinski definition) is 0. The summed E-state index contributed by atoms with van der Waals surface area (Å²) in [5, 5.41) is 0.339. The minimum absolute atomic E-state index is 0.110. The van der Waals surface area contributed by atoms with Crippen molar-refractivity contribution in [1.82, 2.24) is 0 Å². The number of fused-ring (bicyclic) bond motifs is 1. The monoisotopic (exact) mass is 310 g/mol. The van der Waals surface area contributed by atoms with Crippen LogP contribution >= 0.6 is 0 Å². The number of hydrogen-bond acceptors (Lipinski definition) is 5. The Morgan fingerprint density at radius 1 is 1.04 bits per heavy atom. The molecule has 3 rings (SSSR count). The van der Waals surface area contributed by atoms with Crippen molar-refractivity contribution >= 4 is 16.9 Å². The van der Waals surface area contributed by atoms with Crippen molar-refractivity contribution in [2.24, 2.45) is 0 Å². The second-order valence-corrected chi connectivity index (χ2v) is 4.77. The first kappa shape index (κ1) is 14.8. The van der Waals surface area contributed by atoms with Crippen LogP contribution in [0.4, 0.5) is 0 Å². The molecule has 0 aliphatic heterocycles. The Balaban J connectivity index is 1.97. The van der Waals surface area contributed by atoms with Crippen molar-refractivity contribution < 1.29 is 18.7 Å². The molecule has 0 saturated carbocycles. The van der Waals surface area contributed by atoms with Crippen molar-refractivity contribution in [2.75, 3.05) is 6.61 Å². The normalized spacial score (nSPS) is 10.5. The van der Waals surface area contributed by atoms with Gasteiger partial charge in [0.25, 0.3) is 0 Å². The minimum atomic E-state index is -0.656. The minimum Gasteiger partial charge on any atom is -0.460 e. The first-order chi connectivity index (χ1) is 11.2.